The Morgan fingerprint density at radius 3 is 2.25 bits per heavy atom. The Morgan fingerprint density at radius 2 is 1.57 bits per heavy atom. The summed E-state index contributed by atoms with van der Waals surface area (Å²) < 4.78 is 26.4. The molecule has 3 rings (SSSR count). The van der Waals surface area contributed by atoms with E-state index in [2.05, 4.69) is 0 Å². The first-order valence-corrected chi connectivity index (χ1v) is 10.8. The molecule has 1 aliphatic heterocycles. The van der Waals surface area contributed by atoms with Crippen molar-refractivity contribution in [2.45, 2.75) is 0 Å². The summed E-state index contributed by atoms with van der Waals surface area (Å²) >= 11 is 5.94. The highest BCUT2D eigenvalue weighted by Gasteiger charge is 2.26. The van der Waals surface area contributed by atoms with E-state index in [1.807, 2.05) is 42.5 Å². The zero-order valence-electron chi connectivity index (χ0n) is 15.2. The fraction of sp³-hybridized carbons (Fsp3) is 0.190. The van der Waals surface area contributed by atoms with Gasteiger partial charge in [-0.15, -0.1) is 0 Å². The molecule has 1 aliphatic rings. The van der Waals surface area contributed by atoms with Crippen molar-refractivity contribution in [3.8, 4) is 0 Å². The third-order valence-electron chi connectivity index (χ3n) is 4.41. The Balaban J connectivity index is 1.56. The molecule has 0 bridgehead atoms. The highest BCUT2D eigenvalue weighted by atomic mass is 35.5. The van der Waals surface area contributed by atoms with Gasteiger partial charge in [0.15, 0.2) is 0 Å². The van der Waals surface area contributed by atoms with E-state index in [1.54, 1.807) is 29.2 Å². The summed E-state index contributed by atoms with van der Waals surface area (Å²) in [6, 6.07) is 16.5. The first-order chi connectivity index (χ1) is 13.4. The Labute approximate surface area is 170 Å². The van der Waals surface area contributed by atoms with E-state index < -0.39 is 10.0 Å². The van der Waals surface area contributed by atoms with E-state index in [-0.39, 0.29) is 19.0 Å². The molecule has 146 valence electrons. The molecule has 1 fully saturated rings. The SMILES string of the molecule is O=C(/C=C/c1cccc(Cl)c1)N1CCN(S(=O)(=O)/C=C/c2ccccc2)CC1. The summed E-state index contributed by atoms with van der Waals surface area (Å²) in [7, 11) is -3.51. The molecule has 0 N–H and O–H groups in total. The zero-order valence-corrected chi connectivity index (χ0v) is 16.8. The molecule has 0 atom stereocenters. The fourth-order valence-corrected chi connectivity index (χ4v) is 4.23. The number of hydrogen-bond donors (Lipinski definition) is 0. The summed E-state index contributed by atoms with van der Waals surface area (Å²) in [6.45, 7) is 1.27. The van der Waals surface area contributed by atoms with Gasteiger partial charge >= 0.3 is 0 Å². The van der Waals surface area contributed by atoms with Gasteiger partial charge in [-0.25, -0.2) is 8.42 Å². The smallest absolute Gasteiger partial charge is 0.246 e. The number of carbonyl (C=O) groups excluding carboxylic acids is 1. The largest absolute Gasteiger partial charge is 0.337 e. The van der Waals surface area contributed by atoms with Gasteiger partial charge < -0.3 is 4.90 Å². The van der Waals surface area contributed by atoms with Crippen LogP contribution in [-0.2, 0) is 14.8 Å². The van der Waals surface area contributed by atoms with Crippen LogP contribution in [0.4, 0.5) is 0 Å². The van der Waals surface area contributed by atoms with Gasteiger partial charge in [0.05, 0.1) is 0 Å². The molecule has 0 radical (unpaired) electrons. The molecule has 0 unspecified atom stereocenters. The summed E-state index contributed by atoms with van der Waals surface area (Å²) in [4.78, 5) is 14.0. The van der Waals surface area contributed by atoms with Crippen LogP contribution in [0.5, 0.6) is 0 Å². The van der Waals surface area contributed by atoms with Crippen LogP contribution >= 0.6 is 11.6 Å². The molecule has 2 aromatic rings. The van der Waals surface area contributed by atoms with Gasteiger partial charge in [0.2, 0.25) is 15.9 Å². The van der Waals surface area contributed by atoms with Crippen molar-refractivity contribution in [3.05, 3.63) is 82.2 Å². The number of rotatable bonds is 5. The van der Waals surface area contributed by atoms with Crippen molar-refractivity contribution in [1.82, 2.24) is 9.21 Å². The number of nitrogens with zero attached hydrogens (tertiary/aromatic N) is 2. The van der Waals surface area contributed by atoms with Crippen molar-refractivity contribution >= 4 is 39.7 Å². The van der Waals surface area contributed by atoms with Gasteiger partial charge in [-0.2, -0.15) is 4.31 Å². The summed E-state index contributed by atoms with van der Waals surface area (Å²) in [5, 5.41) is 1.83. The molecule has 0 saturated carbocycles. The standard InChI is InChI=1S/C21H21ClN2O3S/c22-20-8-4-7-19(17-20)9-10-21(25)23-12-14-24(15-13-23)28(26,27)16-11-18-5-2-1-3-6-18/h1-11,16-17H,12-15H2/b10-9+,16-11+. The van der Waals surface area contributed by atoms with Crippen molar-refractivity contribution in [2.75, 3.05) is 26.2 Å². The lowest BCUT2D eigenvalue weighted by Crippen LogP contribution is -2.49. The maximum atomic E-state index is 12.5. The van der Waals surface area contributed by atoms with Crippen LogP contribution in [0.1, 0.15) is 11.1 Å². The predicted molar refractivity (Wildman–Crippen MR) is 113 cm³/mol. The van der Waals surface area contributed by atoms with Gasteiger partial charge in [-0.3, -0.25) is 4.79 Å². The van der Waals surface area contributed by atoms with Crippen molar-refractivity contribution in [1.29, 1.82) is 0 Å². The number of carbonyl (C=O) groups is 1. The van der Waals surface area contributed by atoms with E-state index in [0.717, 1.165) is 11.1 Å². The Kier molecular flexibility index (Phi) is 6.67. The molecule has 1 heterocycles. The number of piperazine rings is 1. The van der Waals surface area contributed by atoms with E-state index in [1.165, 1.54) is 15.8 Å². The Bertz CT molecular complexity index is 980. The molecule has 28 heavy (non-hydrogen) atoms. The van der Waals surface area contributed by atoms with Gasteiger partial charge in [-0.05, 0) is 35.4 Å². The summed E-state index contributed by atoms with van der Waals surface area (Å²) in [6.07, 6.45) is 4.78. The third kappa shape index (κ3) is 5.55. The van der Waals surface area contributed by atoms with Crippen molar-refractivity contribution < 1.29 is 13.2 Å². The van der Waals surface area contributed by atoms with Gasteiger partial charge in [-0.1, -0.05) is 54.1 Å². The van der Waals surface area contributed by atoms with Gasteiger partial charge in [0.25, 0.3) is 0 Å². The fourth-order valence-electron chi connectivity index (χ4n) is 2.86. The molecule has 2 aromatic carbocycles. The first kappa shape index (κ1) is 20.3. The predicted octanol–water partition coefficient (Wildman–Crippen LogP) is 3.50. The average Bonchev–Trinajstić information content (AvgIpc) is 2.71. The van der Waals surface area contributed by atoms with E-state index in [9.17, 15) is 13.2 Å². The highest BCUT2D eigenvalue weighted by Crippen LogP contribution is 2.14. The second-order valence-corrected chi connectivity index (χ2v) is 8.63. The van der Waals surface area contributed by atoms with Crippen LogP contribution in [0.15, 0.2) is 66.1 Å². The zero-order chi connectivity index (χ0) is 20.0. The molecule has 0 aromatic heterocycles. The molecular formula is C21H21ClN2O3S. The molecule has 7 heteroatoms. The minimum absolute atomic E-state index is 0.142. The molecule has 1 amide bonds. The summed E-state index contributed by atoms with van der Waals surface area (Å²) in [5.41, 5.74) is 1.67. The topological polar surface area (TPSA) is 57.7 Å². The lowest BCUT2D eigenvalue weighted by Gasteiger charge is -2.32. The number of sulfonamides is 1. The van der Waals surface area contributed by atoms with Gasteiger partial charge in [0.1, 0.15) is 0 Å². The van der Waals surface area contributed by atoms with Crippen LogP contribution in [0, 0.1) is 0 Å². The number of benzene rings is 2. The number of hydrogen-bond acceptors (Lipinski definition) is 3. The lowest BCUT2D eigenvalue weighted by molar-refractivity contribution is -0.127. The first-order valence-electron chi connectivity index (χ1n) is 8.90. The lowest BCUT2D eigenvalue weighted by atomic mass is 10.2. The van der Waals surface area contributed by atoms with Crippen molar-refractivity contribution in [2.24, 2.45) is 0 Å². The second-order valence-electron chi connectivity index (χ2n) is 6.37. The normalized spacial score (nSPS) is 16.1. The average molecular weight is 417 g/mol. The van der Waals surface area contributed by atoms with E-state index in [4.69, 9.17) is 11.6 Å². The molecular weight excluding hydrogens is 396 g/mol. The number of halogens is 1. The molecule has 0 aliphatic carbocycles. The van der Waals surface area contributed by atoms with E-state index >= 15 is 0 Å². The molecule has 5 nitrogen and oxygen atoms in total. The molecule has 1 saturated heterocycles. The van der Waals surface area contributed by atoms with Crippen LogP contribution in [0.3, 0.4) is 0 Å². The maximum absolute atomic E-state index is 12.5. The van der Waals surface area contributed by atoms with Crippen molar-refractivity contribution in [3.63, 3.8) is 0 Å². The van der Waals surface area contributed by atoms with Crippen LogP contribution in [-0.4, -0.2) is 49.7 Å². The molecule has 0 spiro atoms. The Morgan fingerprint density at radius 1 is 0.893 bits per heavy atom. The van der Waals surface area contributed by atoms with Gasteiger partial charge in [0, 0.05) is 42.7 Å². The summed E-state index contributed by atoms with van der Waals surface area (Å²) in [5.74, 6) is -0.142. The third-order valence-corrected chi connectivity index (χ3v) is 6.21. The highest BCUT2D eigenvalue weighted by molar-refractivity contribution is 7.92. The quantitative estimate of drug-likeness (QED) is 0.701. The minimum atomic E-state index is -3.51. The van der Waals surface area contributed by atoms with Crippen LogP contribution in [0.25, 0.3) is 12.2 Å². The van der Waals surface area contributed by atoms with E-state index in [0.29, 0.717) is 18.1 Å². The maximum Gasteiger partial charge on any atom is 0.246 e. The second kappa shape index (κ2) is 9.19. The Hall–Kier alpha value is -2.41. The number of amides is 1. The van der Waals surface area contributed by atoms with Crippen LogP contribution < -0.4 is 0 Å². The minimum Gasteiger partial charge on any atom is -0.337 e. The van der Waals surface area contributed by atoms with Crippen LogP contribution in [0.2, 0.25) is 5.02 Å². The monoisotopic (exact) mass is 416 g/mol.